The molecule has 0 bridgehead atoms. The number of carbonyl (C=O) groups excluding carboxylic acids is 2. The number of esters is 1. The van der Waals surface area contributed by atoms with Crippen LogP contribution in [0, 0.1) is 46.3 Å². The van der Waals surface area contributed by atoms with E-state index in [0.29, 0.717) is 48.7 Å². The molecule has 1 N–H and O–H groups in total. The highest BCUT2D eigenvalue weighted by Crippen LogP contribution is 2.70. The van der Waals surface area contributed by atoms with Gasteiger partial charge in [-0.05, 0) is 92.3 Å². The van der Waals surface area contributed by atoms with Gasteiger partial charge in [0.15, 0.2) is 5.79 Å². The van der Waals surface area contributed by atoms with E-state index in [1.807, 2.05) is 0 Å². The average Bonchev–Trinajstić information content (AvgIpc) is 3.32. The molecule has 6 nitrogen and oxygen atoms in total. The van der Waals surface area contributed by atoms with Gasteiger partial charge in [-0.25, -0.2) is 0 Å². The molecule has 5 rings (SSSR count). The standard InChI is InChI=1S/C33H53NO5/c1-8-37-33(16-11-20(2)19-34-22(4)35)21(3)30-29(39-33)18-28-26-10-9-24-17-25(38-23(5)36)12-14-31(24,6)27(26)13-15-32(28,30)7/h9,20-21,25-30H,8,10-19H2,1-7H3,(H,34,35)/t20-,21-,25+,26+,27-,28-,29-,30-,31-,32-,33-/m0/s1. The smallest absolute Gasteiger partial charge is 0.302 e. The van der Waals surface area contributed by atoms with E-state index >= 15 is 0 Å². The summed E-state index contributed by atoms with van der Waals surface area (Å²) in [7, 11) is 0. The van der Waals surface area contributed by atoms with Crippen molar-refractivity contribution in [3.8, 4) is 0 Å². The van der Waals surface area contributed by atoms with Crippen LogP contribution in [0.1, 0.15) is 106 Å². The zero-order valence-electron chi connectivity index (χ0n) is 25.5. The number of rotatable bonds is 8. The lowest BCUT2D eigenvalue weighted by Gasteiger charge is -2.58. The van der Waals surface area contributed by atoms with Crippen LogP contribution >= 0.6 is 0 Å². The van der Waals surface area contributed by atoms with Crippen molar-refractivity contribution in [2.75, 3.05) is 13.2 Å². The third kappa shape index (κ3) is 5.00. The van der Waals surface area contributed by atoms with Gasteiger partial charge < -0.3 is 19.5 Å². The van der Waals surface area contributed by atoms with Crippen molar-refractivity contribution in [3.05, 3.63) is 11.6 Å². The Balaban J connectivity index is 1.31. The molecule has 0 aromatic carbocycles. The van der Waals surface area contributed by atoms with E-state index in [4.69, 9.17) is 14.2 Å². The first-order chi connectivity index (χ1) is 18.4. The predicted molar refractivity (Wildman–Crippen MR) is 152 cm³/mol. The number of hydrogen-bond donors (Lipinski definition) is 1. The lowest BCUT2D eigenvalue weighted by atomic mass is 9.47. The first-order valence-corrected chi connectivity index (χ1v) is 15.9. The molecule has 1 heterocycles. The average molecular weight is 544 g/mol. The van der Waals surface area contributed by atoms with Crippen molar-refractivity contribution in [3.63, 3.8) is 0 Å². The minimum Gasteiger partial charge on any atom is -0.462 e. The van der Waals surface area contributed by atoms with Crippen molar-refractivity contribution in [1.82, 2.24) is 5.32 Å². The molecule has 0 aromatic heterocycles. The quantitative estimate of drug-likeness (QED) is 0.282. The molecule has 5 aliphatic rings. The van der Waals surface area contributed by atoms with Gasteiger partial charge in [0.05, 0.1) is 6.10 Å². The van der Waals surface area contributed by atoms with Crippen molar-refractivity contribution >= 4 is 11.9 Å². The van der Waals surface area contributed by atoms with Crippen molar-refractivity contribution in [2.24, 2.45) is 46.3 Å². The summed E-state index contributed by atoms with van der Waals surface area (Å²) in [5.41, 5.74) is 2.07. The van der Waals surface area contributed by atoms with Crippen LogP contribution in [0.25, 0.3) is 0 Å². The van der Waals surface area contributed by atoms with Crippen LogP contribution in [0.3, 0.4) is 0 Å². The van der Waals surface area contributed by atoms with Crippen LogP contribution in [-0.2, 0) is 23.8 Å². The van der Waals surface area contributed by atoms with Crippen LogP contribution < -0.4 is 5.32 Å². The van der Waals surface area contributed by atoms with Gasteiger partial charge in [0.1, 0.15) is 6.10 Å². The number of carbonyl (C=O) groups is 2. The fraction of sp³-hybridized carbons (Fsp3) is 0.879. The molecule has 220 valence electrons. The Morgan fingerprint density at radius 1 is 1.18 bits per heavy atom. The van der Waals surface area contributed by atoms with Crippen LogP contribution in [0.4, 0.5) is 0 Å². The molecule has 11 atom stereocenters. The molecule has 0 spiro atoms. The third-order valence-electron chi connectivity index (χ3n) is 12.1. The highest BCUT2D eigenvalue weighted by atomic mass is 16.7. The molecule has 1 saturated heterocycles. The Morgan fingerprint density at radius 3 is 2.64 bits per heavy atom. The summed E-state index contributed by atoms with van der Waals surface area (Å²) in [4.78, 5) is 23.0. The summed E-state index contributed by atoms with van der Waals surface area (Å²) in [5.74, 6) is 2.76. The van der Waals surface area contributed by atoms with Gasteiger partial charge in [0, 0.05) is 45.8 Å². The predicted octanol–water partition coefficient (Wildman–Crippen LogP) is 6.43. The maximum absolute atomic E-state index is 11.6. The van der Waals surface area contributed by atoms with E-state index in [0.717, 1.165) is 44.9 Å². The SMILES string of the molecule is CCO[C@@]1(CC[C@H](C)CNC(C)=O)O[C@H]2C[C@H]3[C@@H]4CC=C5C[C@H](OC(C)=O)CC[C@]5(C)[C@H]4CC[C@]3(C)[C@H]2[C@@H]1C. The summed E-state index contributed by atoms with van der Waals surface area (Å²) >= 11 is 0. The van der Waals surface area contributed by atoms with Crippen molar-refractivity contribution < 1.29 is 23.8 Å². The van der Waals surface area contributed by atoms with Gasteiger partial charge in [-0.15, -0.1) is 0 Å². The monoisotopic (exact) mass is 543 g/mol. The summed E-state index contributed by atoms with van der Waals surface area (Å²) in [6, 6.07) is 0. The van der Waals surface area contributed by atoms with Gasteiger partial charge in [-0.2, -0.15) is 0 Å². The van der Waals surface area contributed by atoms with Gasteiger partial charge in [0.2, 0.25) is 5.91 Å². The zero-order valence-corrected chi connectivity index (χ0v) is 25.5. The lowest BCUT2D eigenvalue weighted by Crippen LogP contribution is -2.52. The number of nitrogens with one attached hydrogen (secondary N) is 1. The number of fused-ring (bicyclic) bond motifs is 7. The summed E-state index contributed by atoms with van der Waals surface area (Å²) in [6.45, 7) is 16.3. The molecule has 6 heteroatoms. The fourth-order valence-corrected chi connectivity index (χ4v) is 10.3. The van der Waals surface area contributed by atoms with Gasteiger partial charge in [0.25, 0.3) is 0 Å². The summed E-state index contributed by atoms with van der Waals surface area (Å²) in [6.07, 6.45) is 12.6. The molecule has 39 heavy (non-hydrogen) atoms. The molecule has 1 amide bonds. The fourth-order valence-electron chi connectivity index (χ4n) is 10.3. The minimum absolute atomic E-state index is 0.0342. The molecular formula is C33H53NO5. The van der Waals surface area contributed by atoms with Crippen LogP contribution in [0.15, 0.2) is 11.6 Å². The van der Waals surface area contributed by atoms with Crippen LogP contribution in [0.2, 0.25) is 0 Å². The van der Waals surface area contributed by atoms with E-state index < -0.39 is 5.79 Å². The summed E-state index contributed by atoms with van der Waals surface area (Å²) < 4.78 is 19.2. The van der Waals surface area contributed by atoms with Crippen LogP contribution in [-0.4, -0.2) is 43.0 Å². The third-order valence-corrected chi connectivity index (χ3v) is 12.1. The summed E-state index contributed by atoms with van der Waals surface area (Å²) in [5, 5.41) is 2.97. The molecule has 1 aliphatic heterocycles. The highest BCUT2D eigenvalue weighted by Gasteiger charge is 2.68. The number of hydrogen-bond acceptors (Lipinski definition) is 5. The van der Waals surface area contributed by atoms with Crippen molar-refractivity contribution in [1.29, 1.82) is 0 Å². The molecule has 0 aromatic rings. The molecular weight excluding hydrogens is 490 g/mol. The topological polar surface area (TPSA) is 73.9 Å². The zero-order chi connectivity index (χ0) is 28.2. The van der Waals surface area contributed by atoms with E-state index in [1.165, 1.54) is 19.8 Å². The Kier molecular flexibility index (Phi) is 8.04. The van der Waals surface area contributed by atoms with Gasteiger partial charge in [-0.1, -0.05) is 39.3 Å². The normalized spacial score (nSPS) is 45.3. The van der Waals surface area contributed by atoms with E-state index in [2.05, 4.69) is 46.0 Å². The molecule has 4 aliphatic carbocycles. The second kappa shape index (κ2) is 10.8. The lowest BCUT2D eigenvalue weighted by molar-refractivity contribution is -0.250. The Labute approximate surface area is 236 Å². The molecule has 0 unspecified atom stereocenters. The second-order valence-electron chi connectivity index (χ2n) is 14.3. The molecule has 0 radical (unpaired) electrons. The number of amides is 1. The van der Waals surface area contributed by atoms with Crippen LogP contribution in [0.5, 0.6) is 0 Å². The minimum atomic E-state index is -0.514. The maximum atomic E-state index is 11.6. The van der Waals surface area contributed by atoms with Gasteiger partial charge >= 0.3 is 5.97 Å². The Hall–Kier alpha value is -1.40. The van der Waals surface area contributed by atoms with E-state index in [1.54, 1.807) is 12.5 Å². The van der Waals surface area contributed by atoms with Gasteiger partial charge in [-0.3, -0.25) is 9.59 Å². The Morgan fingerprint density at radius 2 is 1.95 bits per heavy atom. The molecule has 3 saturated carbocycles. The molecule has 4 fully saturated rings. The highest BCUT2D eigenvalue weighted by molar-refractivity contribution is 5.72. The maximum Gasteiger partial charge on any atom is 0.302 e. The largest absolute Gasteiger partial charge is 0.462 e. The number of ether oxygens (including phenoxy) is 3. The van der Waals surface area contributed by atoms with E-state index in [9.17, 15) is 9.59 Å². The number of allylic oxidation sites excluding steroid dienone is 1. The van der Waals surface area contributed by atoms with Crippen molar-refractivity contribution in [2.45, 2.75) is 124 Å². The Bertz CT molecular complexity index is 979. The van der Waals surface area contributed by atoms with E-state index in [-0.39, 0.29) is 34.9 Å². The first-order valence-electron chi connectivity index (χ1n) is 15.9. The second-order valence-corrected chi connectivity index (χ2v) is 14.3. The first kappa shape index (κ1) is 29.1.